The molecule has 2 N–H and O–H groups in total. The maximum absolute atomic E-state index is 12.6. The van der Waals surface area contributed by atoms with Gasteiger partial charge in [-0.15, -0.1) is 0 Å². The fraction of sp³-hybridized carbons (Fsp3) is 0.480. The molecule has 4 heterocycles. The molecule has 180 valence electrons. The van der Waals surface area contributed by atoms with Crippen molar-refractivity contribution in [1.82, 2.24) is 19.9 Å². The minimum Gasteiger partial charge on any atom is -0.486 e. The number of aromatic nitrogens is 3. The first-order chi connectivity index (χ1) is 16.6. The van der Waals surface area contributed by atoms with Gasteiger partial charge in [-0.1, -0.05) is 0 Å². The predicted octanol–water partition coefficient (Wildman–Crippen LogP) is 2.28. The van der Waals surface area contributed by atoms with Crippen LogP contribution in [0.4, 0.5) is 0 Å². The number of aliphatic hydroxyl groups is 1. The fourth-order valence-electron chi connectivity index (χ4n) is 4.81. The summed E-state index contributed by atoms with van der Waals surface area (Å²) in [6.45, 7) is 2.00. The minimum atomic E-state index is -0.614. The summed E-state index contributed by atoms with van der Waals surface area (Å²) in [5.41, 5.74) is 1.28. The van der Waals surface area contributed by atoms with Gasteiger partial charge in [-0.25, -0.2) is 0 Å². The molecule has 0 spiro atoms. The van der Waals surface area contributed by atoms with Crippen LogP contribution < -0.4 is 25.1 Å². The van der Waals surface area contributed by atoms with E-state index in [0.717, 1.165) is 42.5 Å². The highest BCUT2D eigenvalue weighted by Crippen LogP contribution is 2.30. The van der Waals surface area contributed by atoms with E-state index in [0.29, 0.717) is 43.1 Å². The minimum absolute atomic E-state index is 0.137. The standard InChI is InChI=1S/C25H30N4O5/c1-32-23-8-4-17-5-9-24(31)29(25(17)28-23)15-20(30)16-2-6-18(7-3-16)26-13-19-12-21-22(14-27-19)34-11-10-33-21/h4-5,8-9,12,14,16,18,20,26,30H,2-3,6-7,10-11,13,15H2,1H3/t16?,18?,20-/m1/s1. The fourth-order valence-corrected chi connectivity index (χ4v) is 4.81. The number of methoxy groups -OCH3 is 1. The molecule has 0 amide bonds. The summed E-state index contributed by atoms with van der Waals surface area (Å²) in [5, 5.41) is 15.4. The summed E-state index contributed by atoms with van der Waals surface area (Å²) >= 11 is 0. The van der Waals surface area contributed by atoms with Crippen molar-refractivity contribution in [3.05, 3.63) is 52.6 Å². The van der Waals surface area contributed by atoms with E-state index in [9.17, 15) is 9.90 Å². The van der Waals surface area contributed by atoms with Gasteiger partial charge in [0.2, 0.25) is 5.88 Å². The van der Waals surface area contributed by atoms with Crippen molar-refractivity contribution in [2.45, 2.75) is 50.9 Å². The molecule has 0 radical (unpaired) electrons. The molecule has 1 saturated carbocycles. The maximum Gasteiger partial charge on any atom is 0.252 e. The van der Waals surface area contributed by atoms with Crippen LogP contribution in [-0.2, 0) is 13.1 Å². The number of ether oxygens (including phenoxy) is 3. The topological polar surface area (TPSA) is 108 Å². The van der Waals surface area contributed by atoms with E-state index >= 15 is 0 Å². The molecule has 3 aromatic rings. The number of nitrogens with zero attached hydrogens (tertiary/aromatic N) is 3. The second kappa shape index (κ2) is 9.99. The number of nitrogens with one attached hydrogen (secondary N) is 1. The molecule has 0 saturated heterocycles. The molecule has 0 unspecified atom stereocenters. The van der Waals surface area contributed by atoms with Crippen molar-refractivity contribution < 1.29 is 19.3 Å². The molecule has 1 fully saturated rings. The Bertz CT molecular complexity index is 1210. The molecular weight excluding hydrogens is 436 g/mol. The maximum atomic E-state index is 12.6. The Hall–Kier alpha value is -3.17. The molecule has 9 heteroatoms. The van der Waals surface area contributed by atoms with Crippen LogP contribution in [-0.4, -0.2) is 52.1 Å². The van der Waals surface area contributed by atoms with Crippen molar-refractivity contribution in [1.29, 1.82) is 0 Å². The number of hydrogen-bond donors (Lipinski definition) is 2. The first kappa shape index (κ1) is 22.6. The van der Waals surface area contributed by atoms with Gasteiger partial charge in [-0.3, -0.25) is 14.3 Å². The van der Waals surface area contributed by atoms with Gasteiger partial charge >= 0.3 is 0 Å². The summed E-state index contributed by atoms with van der Waals surface area (Å²) < 4.78 is 17.9. The van der Waals surface area contributed by atoms with Crippen LogP contribution in [0, 0.1) is 5.92 Å². The smallest absolute Gasteiger partial charge is 0.252 e. The van der Waals surface area contributed by atoms with Gasteiger partial charge in [0, 0.05) is 36.2 Å². The van der Waals surface area contributed by atoms with Gasteiger partial charge in [0.15, 0.2) is 11.5 Å². The third-order valence-electron chi connectivity index (χ3n) is 6.76. The van der Waals surface area contributed by atoms with Gasteiger partial charge in [-0.2, -0.15) is 4.98 Å². The Kier molecular flexibility index (Phi) is 6.64. The third-order valence-corrected chi connectivity index (χ3v) is 6.76. The van der Waals surface area contributed by atoms with E-state index in [1.54, 1.807) is 30.0 Å². The lowest BCUT2D eigenvalue weighted by Crippen LogP contribution is -2.38. The molecule has 9 nitrogen and oxygen atoms in total. The van der Waals surface area contributed by atoms with E-state index < -0.39 is 6.10 Å². The van der Waals surface area contributed by atoms with Crippen LogP contribution in [0.5, 0.6) is 17.4 Å². The van der Waals surface area contributed by atoms with Gasteiger partial charge < -0.3 is 24.6 Å². The molecule has 34 heavy (non-hydrogen) atoms. The molecule has 5 rings (SSSR count). The molecule has 1 atom stereocenters. The van der Waals surface area contributed by atoms with Crippen LogP contribution in [0.25, 0.3) is 11.0 Å². The van der Waals surface area contributed by atoms with Crippen LogP contribution >= 0.6 is 0 Å². The summed E-state index contributed by atoms with van der Waals surface area (Å²) in [6.07, 6.45) is 4.81. The zero-order valence-electron chi connectivity index (χ0n) is 19.3. The van der Waals surface area contributed by atoms with Gasteiger partial charge in [0.05, 0.1) is 31.6 Å². The van der Waals surface area contributed by atoms with E-state index in [2.05, 4.69) is 15.3 Å². The highest BCUT2D eigenvalue weighted by atomic mass is 16.6. The van der Waals surface area contributed by atoms with Crippen molar-refractivity contribution in [3.8, 4) is 17.4 Å². The second-order valence-corrected chi connectivity index (χ2v) is 8.93. The molecule has 3 aromatic heterocycles. The van der Waals surface area contributed by atoms with Crippen molar-refractivity contribution in [2.75, 3.05) is 20.3 Å². The van der Waals surface area contributed by atoms with E-state index in [1.807, 2.05) is 12.1 Å². The average Bonchev–Trinajstić information content (AvgIpc) is 2.89. The lowest BCUT2D eigenvalue weighted by molar-refractivity contribution is 0.0638. The quantitative estimate of drug-likeness (QED) is 0.546. The van der Waals surface area contributed by atoms with Gasteiger partial charge in [0.25, 0.3) is 5.56 Å². The molecule has 2 aliphatic rings. The van der Waals surface area contributed by atoms with Crippen LogP contribution in [0.2, 0.25) is 0 Å². The normalized spacial score (nSPS) is 20.8. The van der Waals surface area contributed by atoms with E-state index in [-0.39, 0.29) is 18.0 Å². The summed E-state index contributed by atoms with van der Waals surface area (Å²) in [5.74, 6) is 2.03. The Morgan fingerprint density at radius 3 is 2.71 bits per heavy atom. The number of fused-ring (bicyclic) bond motifs is 2. The van der Waals surface area contributed by atoms with E-state index in [4.69, 9.17) is 14.2 Å². The van der Waals surface area contributed by atoms with Gasteiger partial charge in [0.1, 0.15) is 18.9 Å². The van der Waals surface area contributed by atoms with Crippen LogP contribution in [0.3, 0.4) is 0 Å². The lowest BCUT2D eigenvalue weighted by atomic mass is 9.82. The highest BCUT2D eigenvalue weighted by Gasteiger charge is 2.27. The number of hydrogen-bond acceptors (Lipinski definition) is 8. The first-order valence-electron chi connectivity index (χ1n) is 11.8. The zero-order chi connectivity index (χ0) is 23.5. The first-order valence-corrected chi connectivity index (χ1v) is 11.8. The highest BCUT2D eigenvalue weighted by molar-refractivity contribution is 5.75. The molecule has 1 aliphatic heterocycles. The number of pyridine rings is 3. The molecule has 1 aliphatic carbocycles. The monoisotopic (exact) mass is 466 g/mol. The number of aliphatic hydroxyl groups excluding tert-OH is 1. The SMILES string of the molecule is COc1ccc2ccc(=O)n(C[C@@H](O)C3CCC(NCc4cc5c(cn4)OCCO5)CC3)c2n1. The van der Waals surface area contributed by atoms with Crippen molar-refractivity contribution in [2.24, 2.45) is 5.92 Å². The summed E-state index contributed by atoms with van der Waals surface area (Å²) in [7, 11) is 1.55. The Morgan fingerprint density at radius 1 is 1.15 bits per heavy atom. The molecular formula is C25H30N4O5. The second-order valence-electron chi connectivity index (χ2n) is 8.93. The summed E-state index contributed by atoms with van der Waals surface area (Å²) in [4.78, 5) is 21.4. The Balaban J connectivity index is 1.17. The summed E-state index contributed by atoms with van der Waals surface area (Å²) in [6, 6.07) is 9.21. The molecule has 0 bridgehead atoms. The largest absolute Gasteiger partial charge is 0.486 e. The third kappa shape index (κ3) is 4.85. The van der Waals surface area contributed by atoms with Crippen molar-refractivity contribution >= 4 is 11.0 Å². The molecule has 0 aromatic carbocycles. The Morgan fingerprint density at radius 2 is 1.91 bits per heavy atom. The predicted molar refractivity (Wildman–Crippen MR) is 126 cm³/mol. The number of rotatable bonds is 7. The van der Waals surface area contributed by atoms with Crippen molar-refractivity contribution in [3.63, 3.8) is 0 Å². The van der Waals surface area contributed by atoms with Crippen LogP contribution in [0.1, 0.15) is 31.4 Å². The average molecular weight is 467 g/mol. The lowest BCUT2D eigenvalue weighted by Gasteiger charge is -2.32. The Labute approximate surface area is 197 Å². The van der Waals surface area contributed by atoms with E-state index in [1.165, 1.54) is 6.07 Å². The van der Waals surface area contributed by atoms with Crippen LogP contribution in [0.15, 0.2) is 41.3 Å². The van der Waals surface area contributed by atoms with Gasteiger partial charge in [-0.05, 0) is 43.7 Å². The zero-order valence-corrected chi connectivity index (χ0v) is 19.3.